The maximum Gasteiger partial charge on any atom is 0.269 e. The molecule has 0 aliphatic rings. The Morgan fingerprint density at radius 1 is 0.971 bits per heavy atom. The zero-order chi connectivity index (χ0) is 25.0. The smallest absolute Gasteiger partial charge is 0.269 e. The van der Waals surface area contributed by atoms with Crippen LogP contribution in [-0.4, -0.2) is 45.6 Å². The highest BCUT2D eigenvalue weighted by Gasteiger charge is 2.32. The fourth-order valence-corrected chi connectivity index (χ4v) is 5.08. The van der Waals surface area contributed by atoms with E-state index in [4.69, 9.17) is 18.4 Å². The van der Waals surface area contributed by atoms with Crippen LogP contribution in [-0.2, 0) is 19.5 Å². The fourth-order valence-electron chi connectivity index (χ4n) is 3.53. The summed E-state index contributed by atoms with van der Waals surface area (Å²) in [6.07, 6.45) is 1.59. The number of oxazole rings is 1. The van der Waals surface area contributed by atoms with Crippen molar-refractivity contribution in [3.8, 4) is 22.4 Å². The van der Waals surface area contributed by atoms with E-state index in [1.807, 2.05) is 24.3 Å². The molecular weight excluding hydrogens is 470 g/mol. The Bertz CT molecular complexity index is 1390. The van der Waals surface area contributed by atoms with Gasteiger partial charge < -0.3 is 18.4 Å². The topological polar surface area (TPSA) is 108 Å². The highest BCUT2D eigenvalue weighted by molar-refractivity contribution is 7.93. The molecule has 10 heteroatoms. The Hall–Kier alpha value is -3.47. The molecule has 0 fully saturated rings. The van der Waals surface area contributed by atoms with Crippen molar-refractivity contribution in [1.82, 2.24) is 10.1 Å². The lowest BCUT2D eigenvalue weighted by Gasteiger charge is -2.23. The quantitative estimate of drug-likeness (QED) is 0.228. The van der Waals surface area contributed by atoms with Crippen molar-refractivity contribution < 1.29 is 26.8 Å². The SMILES string of the molecule is COCCOCN(c1onc(C)c1C)S(=O)(=O)c1ccccc1-c1ccc(-c2coc(C)n2)cc1. The number of aryl methyl sites for hydroxylation is 2. The Balaban J connectivity index is 1.73. The number of benzene rings is 2. The first-order valence-electron chi connectivity index (χ1n) is 11.0. The lowest BCUT2D eigenvalue weighted by molar-refractivity contribution is 0.0744. The van der Waals surface area contributed by atoms with E-state index >= 15 is 0 Å². The number of nitrogens with zero attached hydrogens (tertiary/aromatic N) is 3. The van der Waals surface area contributed by atoms with Crippen molar-refractivity contribution in [2.75, 3.05) is 31.4 Å². The molecule has 4 rings (SSSR count). The van der Waals surface area contributed by atoms with Crippen LogP contribution in [0.15, 0.2) is 68.6 Å². The third-order valence-corrected chi connectivity index (χ3v) is 7.33. The van der Waals surface area contributed by atoms with E-state index in [-0.39, 0.29) is 24.1 Å². The van der Waals surface area contributed by atoms with Crippen LogP contribution in [0.25, 0.3) is 22.4 Å². The molecule has 2 aromatic carbocycles. The molecule has 0 spiro atoms. The van der Waals surface area contributed by atoms with Gasteiger partial charge in [-0.15, -0.1) is 0 Å². The van der Waals surface area contributed by atoms with Crippen LogP contribution < -0.4 is 4.31 Å². The highest BCUT2D eigenvalue weighted by atomic mass is 32.2. The molecule has 0 N–H and O–H groups in total. The van der Waals surface area contributed by atoms with E-state index in [0.29, 0.717) is 35.0 Å². The summed E-state index contributed by atoms with van der Waals surface area (Å²) >= 11 is 0. The number of ether oxygens (including phenoxy) is 2. The van der Waals surface area contributed by atoms with E-state index in [9.17, 15) is 8.42 Å². The standard InChI is InChI=1S/C25H27N3O6S/c1-17-18(2)27-34-25(17)28(16-32-14-13-31-4)35(29,30)24-8-6-5-7-22(24)20-9-11-21(12-10-20)23-15-33-19(3)26-23/h5-12,15H,13-14,16H2,1-4H3. The molecule has 0 saturated heterocycles. The first-order chi connectivity index (χ1) is 16.8. The van der Waals surface area contributed by atoms with Gasteiger partial charge in [0.05, 0.1) is 23.8 Å². The van der Waals surface area contributed by atoms with Crippen LogP contribution in [0.4, 0.5) is 5.88 Å². The minimum atomic E-state index is -4.08. The summed E-state index contributed by atoms with van der Waals surface area (Å²) in [4.78, 5) is 4.46. The third-order valence-electron chi connectivity index (χ3n) is 5.57. The second-order valence-electron chi connectivity index (χ2n) is 7.91. The number of methoxy groups -OCH3 is 1. The maximum atomic E-state index is 13.9. The summed E-state index contributed by atoms with van der Waals surface area (Å²) in [6.45, 7) is 5.59. The minimum Gasteiger partial charge on any atom is -0.449 e. The Morgan fingerprint density at radius 2 is 1.69 bits per heavy atom. The Kier molecular flexibility index (Phi) is 7.34. The van der Waals surface area contributed by atoms with Crippen LogP contribution in [0.2, 0.25) is 0 Å². The predicted molar refractivity (Wildman–Crippen MR) is 130 cm³/mol. The number of anilines is 1. The molecule has 0 amide bonds. The van der Waals surface area contributed by atoms with Gasteiger partial charge in [0.15, 0.2) is 5.89 Å². The molecule has 0 aliphatic heterocycles. The largest absolute Gasteiger partial charge is 0.449 e. The van der Waals surface area contributed by atoms with Gasteiger partial charge in [-0.1, -0.05) is 47.6 Å². The zero-order valence-electron chi connectivity index (χ0n) is 20.0. The summed E-state index contributed by atoms with van der Waals surface area (Å²) in [6, 6.07) is 14.3. The molecule has 0 saturated carbocycles. The normalized spacial score (nSPS) is 11.7. The number of rotatable bonds is 10. The van der Waals surface area contributed by atoms with Crippen LogP contribution in [0.3, 0.4) is 0 Å². The van der Waals surface area contributed by atoms with Crippen LogP contribution in [0, 0.1) is 20.8 Å². The molecule has 0 radical (unpaired) electrons. The summed E-state index contributed by atoms with van der Waals surface area (Å²) in [7, 11) is -2.53. The average Bonchev–Trinajstić information content (AvgIpc) is 3.44. The molecule has 0 unspecified atom stereocenters. The van der Waals surface area contributed by atoms with Gasteiger partial charge >= 0.3 is 0 Å². The summed E-state index contributed by atoms with van der Waals surface area (Å²) in [5.41, 5.74) is 4.08. The van der Waals surface area contributed by atoms with E-state index in [2.05, 4.69) is 10.1 Å². The van der Waals surface area contributed by atoms with Gasteiger partial charge in [0, 0.05) is 30.7 Å². The monoisotopic (exact) mass is 497 g/mol. The van der Waals surface area contributed by atoms with Crippen molar-refractivity contribution in [1.29, 1.82) is 0 Å². The molecular formula is C25H27N3O6S. The second-order valence-corrected chi connectivity index (χ2v) is 9.74. The van der Waals surface area contributed by atoms with E-state index in [0.717, 1.165) is 15.4 Å². The lowest BCUT2D eigenvalue weighted by Crippen LogP contribution is -2.34. The number of sulfonamides is 1. The molecule has 2 heterocycles. The minimum absolute atomic E-state index is 0.117. The Labute approximate surface area is 204 Å². The zero-order valence-corrected chi connectivity index (χ0v) is 20.8. The molecule has 9 nitrogen and oxygen atoms in total. The van der Waals surface area contributed by atoms with E-state index in [1.54, 1.807) is 58.4 Å². The number of hydrogen-bond acceptors (Lipinski definition) is 8. The van der Waals surface area contributed by atoms with Crippen LogP contribution in [0.5, 0.6) is 0 Å². The third kappa shape index (κ3) is 5.14. The van der Waals surface area contributed by atoms with E-state index in [1.165, 1.54) is 0 Å². The van der Waals surface area contributed by atoms with Crippen molar-refractivity contribution in [3.05, 3.63) is 71.9 Å². The molecule has 4 aromatic rings. The lowest BCUT2D eigenvalue weighted by atomic mass is 10.0. The van der Waals surface area contributed by atoms with Gasteiger partial charge in [0.2, 0.25) is 5.88 Å². The van der Waals surface area contributed by atoms with E-state index < -0.39 is 10.0 Å². The summed E-state index contributed by atoms with van der Waals surface area (Å²) in [5, 5.41) is 3.93. The maximum absolute atomic E-state index is 13.9. The molecule has 0 bridgehead atoms. The molecule has 2 aromatic heterocycles. The van der Waals surface area contributed by atoms with Gasteiger partial charge in [-0.3, -0.25) is 0 Å². The molecule has 0 atom stereocenters. The molecule has 35 heavy (non-hydrogen) atoms. The van der Waals surface area contributed by atoms with Crippen molar-refractivity contribution in [3.63, 3.8) is 0 Å². The average molecular weight is 498 g/mol. The predicted octanol–water partition coefficient (Wildman–Crippen LogP) is 4.74. The summed E-state index contributed by atoms with van der Waals surface area (Å²) in [5.74, 6) is 0.692. The summed E-state index contributed by atoms with van der Waals surface area (Å²) < 4.78 is 50.3. The second kappa shape index (κ2) is 10.4. The van der Waals surface area contributed by atoms with Crippen LogP contribution in [0.1, 0.15) is 17.1 Å². The van der Waals surface area contributed by atoms with Crippen molar-refractivity contribution in [2.45, 2.75) is 25.7 Å². The van der Waals surface area contributed by atoms with Crippen molar-refractivity contribution in [2.24, 2.45) is 0 Å². The number of hydrogen-bond donors (Lipinski definition) is 0. The van der Waals surface area contributed by atoms with Gasteiger partial charge in [-0.25, -0.2) is 17.7 Å². The van der Waals surface area contributed by atoms with Gasteiger partial charge in [-0.2, -0.15) is 0 Å². The molecule has 184 valence electrons. The molecule has 0 aliphatic carbocycles. The van der Waals surface area contributed by atoms with Gasteiger partial charge in [0.1, 0.15) is 18.7 Å². The van der Waals surface area contributed by atoms with Crippen molar-refractivity contribution >= 4 is 15.9 Å². The highest BCUT2D eigenvalue weighted by Crippen LogP contribution is 2.34. The first-order valence-corrected chi connectivity index (χ1v) is 12.4. The van der Waals surface area contributed by atoms with Crippen LogP contribution >= 0.6 is 0 Å². The van der Waals surface area contributed by atoms with Gasteiger partial charge in [0.25, 0.3) is 10.0 Å². The number of aromatic nitrogens is 2. The first kappa shape index (κ1) is 24.6. The fraction of sp³-hybridized carbons (Fsp3) is 0.280. The Morgan fingerprint density at radius 3 is 2.31 bits per heavy atom. The van der Waals surface area contributed by atoms with Gasteiger partial charge in [-0.05, 0) is 25.5 Å².